The number of benzene rings is 1. The van der Waals surface area contributed by atoms with Crippen molar-refractivity contribution in [1.82, 2.24) is 5.32 Å². The Morgan fingerprint density at radius 2 is 1.89 bits per heavy atom. The zero-order valence-corrected chi connectivity index (χ0v) is 12.0. The molecule has 1 aliphatic carbocycles. The van der Waals surface area contributed by atoms with Crippen molar-refractivity contribution in [3.05, 3.63) is 35.4 Å². The number of fused-ring (bicyclic) bond motifs is 1. The third kappa shape index (κ3) is 2.75. The first-order chi connectivity index (χ1) is 8.83. The largest absolute Gasteiger partial charge is 0.306 e. The van der Waals surface area contributed by atoms with Gasteiger partial charge in [0.25, 0.3) is 0 Å². The van der Waals surface area contributed by atoms with Crippen LogP contribution in [0.1, 0.15) is 49.8 Å². The van der Waals surface area contributed by atoms with E-state index in [1.165, 1.54) is 42.8 Å². The van der Waals surface area contributed by atoms with Crippen molar-refractivity contribution in [3.63, 3.8) is 0 Å². The summed E-state index contributed by atoms with van der Waals surface area (Å²) in [7, 11) is 0. The maximum Gasteiger partial charge on any atom is 0.0417 e. The predicted molar refractivity (Wildman–Crippen MR) is 79.9 cm³/mol. The van der Waals surface area contributed by atoms with E-state index in [0.717, 1.165) is 12.0 Å². The van der Waals surface area contributed by atoms with E-state index in [0.29, 0.717) is 6.04 Å². The van der Waals surface area contributed by atoms with Crippen LogP contribution in [0, 0.1) is 5.92 Å². The molecule has 1 aromatic carbocycles. The van der Waals surface area contributed by atoms with Crippen LogP contribution < -0.4 is 5.32 Å². The minimum Gasteiger partial charge on any atom is -0.306 e. The standard InChI is InChI=1S/C16H23NS/c1-12-6-8-14(9-7-12)17-16-11-18-10-13-4-2-3-5-15(13)16/h2-5,12,14,16-17H,6-11H2,1H3. The fourth-order valence-corrected chi connectivity index (χ4v) is 4.34. The molecule has 1 atom stereocenters. The van der Waals surface area contributed by atoms with Gasteiger partial charge in [-0.2, -0.15) is 11.8 Å². The second kappa shape index (κ2) is 5.66. The number of rotatable bonds is 2. The Hall–Kier alpha value is -0.470. The third-order valence-corrected chi connectivity index (χ3v) is 5.51. The molecule has 18 heavy (non-hydrogen) atoms. The quantitative estimate of drug-likeness (QED) is 0.858. The van der Waals surface area contributed by atoms with Gasteiger partial charge < -0.3 is 5.32 Å². The maximum atomic E-state index is 3.91. The van der Waals surface area contributed by atoms with Crippen LogP contribution in [0.3, 0.4) is 0 Å². The molecule has 1 heterocycles. The molecule has 2 aliphatic rings. The molecular formula is C16H23NS. The molecular weight excluding hydrogens is 238 g/mol. The van der Waals surface area contributed by atoms with E-state index < -0.39 is 0 Å². The Morgan fingerprint density at radius 3 is 2.72 bits per heavy atom. The maximum absolute atomic E-state index is 3.91. The first kappa shape index (κ1) is 12.6. The average Bonchev–Trinajstić information content (AvgIpc) is 2.42. The van der Waals surface area contributed by atoms with Crippen LogP contribution in [0.15, 0.2) is 24.3 Å². The summed E-state index contributed by atoms with van der Waals surface area (Å²) in [6.45, 7) is 2.39. The lowest BCUT2D eigenvalue weighted by atomic mass is 9.86. The first-order valence-corrected chi connectivity index (χ1v) is 8.40. The zero-order valence-electron chi connectivity index (χ0n) is 11.2. The summed E-state index contributed by atoms with van der Waals surface area (Å²) in [5.41, 5.74) is 3.09. The summed E-state index contributed by atoms with van der Waals surface area (Å²) in [6, 6.07) is 10.3. The molecule has 1 unspecified atom stereocenters. The van der Waals surface area contributed by atoms with E-state index in [1.807, 2.05) is 0 Å². The van der Waals surface area contributed by atoms with Crippen molar-refractivity contribution >= 4 is 11.8 Å². The predicted octanol–water partition coefficient (Wildman–Crippen LogP) is 4.14. The van der Waals surface area contributed by atoms with Gasteiger partial charge in [-0.3, -0.25) is 0 Å². The third-order valence-electron chi connectivity index (χ3n) is 4.43. The lowest BCUT2D eigenvalue weighted by Crippen LogP contribution is -2.38. The molecule has 1 aliphatic heterocycles. The van der Waals surface area contributed by atoms with E-state index in [-0.39, 0.29) is 0 Å². The monoisotopic (exact) mass is 261 g/mol. The van der Waals surface area contributed by atoms with E-state index in [1.54, 1.807) is 5.56 Å². The van der Waals surface area contributed by atoms with E-state index in [2.05, 4.69) is 48.3 Å². The van der Waals surface area contributed by atoms with Gasteiger partial charge in [0.15, 0.2) is 0 Å². The first-order valence-electron chi connectivity index (χ1n) is 7.24. The Labute approximate surface area is 115 Å². The Morgan fingerprint density at radius 1 is 1.11 bits per heavy atom. The minimum absolute atomic E-state index is 0.582. The second-order valence-corrected chi connectivity index (χ2v) is 6.92. The number of hydrogen-bond acceptors (Lipinski definition) is 2. The number of nitrogens with one attached hydrogen (secondary N) is 1. The molecule has 0 saturated heterocycles. The molecule has 1 saturated carbocycles. The van der Waals surface area contributed by atoms with Crippen molar-refractivity contribution in [2.24, 2.45) is 5.92 Å². The lowest BCUT2D eigenvalue weighted by Gasteiger charge is -2.33. The molecule has 0 aromatic heterocycles. The Balaban J connectivity index is 1.67. The smallest absolute Gasteiger partial charge is 0.0417 e. The van der Waals surface area contributed by atoms with Crippen molar-refractivity contribution in [2.75, 3.05) is 5.75 Å². The molecule has 0 radical (unpaired) electrons. The summed E-state index contributed by atoms with van der Waals surface area (Å²) in [5.74, 6) is 3.37. The highest BCUT2D eigenvalue weighted by Crippen LogP contribution is 2.33. The normalized spacial score (nSPS) is 31.9. The molecule has 1 aromatic rings. The molecule has 3 rings (SSSR count). The average molecular weight is 261 g/mol. The summed E-state index contributed by atoms with van der Waals surface area (Å²) in [6.07, 6.45) is 5.54. The molecule has 0 spiro atoms. The van der Waals surface area contributed by atoms with E-state index >= 15 is 0 Å². The second-order valence-electron chi connectivity index (χ2n) is 5.89. The number of hydrogen-bond donors (Lipinski definition) is 1. The molecule has 98 valence electrons. The van der Waals surface area contributed by atoms with Crippen LogP contribution in [0.25, 0.3) is 0 Å². The summed E-state index contributed by atoms with van der Waals surface area (Å²) in [5, 5.41) is 3.91. The Bertz CT molecular complexity index is 396. The Kier molecular flexibility index (Phi) is 3.95. The van der Waals surface area contributed by atoms with Gasteiger partial charge in [-0.25, -0.2) is 0 Å². The van der Waals surface area contributed by atoms with Gasteiger partial charge in [-0.15, -0.1) is 0 Å². The molecule has 2 heteroatoms. The van der Waals surface area contributed by atoms with Crippen molar-refractivity contribution < 1.29 is 0 Å². The zero-order chi connectivity index (χ0) is 12.4. The van der Waals surface area contributed by atoms with E-state index in [4.69, 9.17) is 0 Å². The van der Waals surface area contributed by atoms with Crippen LogP contribution in [0.5, 0.6) is 0 Å². The van der Waals surface area contributed by atoms with Gasteiger partial charge in [0.1, 0.15) is 0 Å². The highest BCUT2D eigenvalue weighted by Gasteiger charge is 2.25. The van der Waals surface area contributed by atoms with Crippen molar-refractivity contribution in [2.45, 2.75) is 50.4 Å². The van der Waals surface area contributed by atoms with Gasteiger partial charge in [-0.1, -0.05) is 31.2 Å². The number of thioether (sulfide) groups is 1. The van der Waals surface area contributed by atoms with Gasteiger partial charge in [-0.05, 0) is 42.7 Å². The molecule has 1 nitrogen and oxygen atoms in total. The topological polar surface area (TPSA) is 12.0 Å². The van der Waals surface area contributed by atoms with Gasteiger partial charge in [0.2, 0.25) is 0 Å². The van der Waals surface area contributed by atoms with Crippen molar-refractivity contribution in [1.29, 1.82) is 0 Å². The molecule has 0 bridgehead atoms. The van der Waals surface area contributed by atoms with Gasteiger partial charge in [0.05, 0.1) is 0 Å². The van der Waals surface area contributed by atoms with Crippen LogP contribution in [-0.2, 0) is 5.75 Å². The molecule has 1 N–H and O–H groups in total. The lowest BCUT2D eigenvalue weighted by molar-refractivity contribution is 0.292. The fourth-order valence-electron chi connectivity index (χ4n) is 3.23. The SMILES string of the molecule is CC1CCC(NC2CSCc3ccccc32)CC1. The highest BCUT2D eigenvalue weighted by molar-refractivity contribution is 7.98. The summed E-state index contributed by atoms with van der Waals surface area (Å²) >= 11 is 2.07. The molecule has 1 fully saturated rings. The highest BCUT2D eigenvalue weighted by atomic mass is 32.2. The fraction of sp³-hybridized carbons (Fsp3) is 0.625. The van der Waals surface area contributed by atoms with Crippen LogP contribution >= 0.6 is 11.8 Å². The van der Waals surface area contributed by atoms with Gasteiger partial charge >= 0.3 is 0 Å². The minimum atomic E-state index is 0.582. The van der Waals surface area contributed by atoms with Crippen LogP contribution in [0.2, 0.25) is 0 Å². The summed E-state index contributed by atoms with van der Waals surface area (Å²) in [4.78, 5) is 0. The van der Waals surface area contributed by atoms with E-state index in [9.17, 15) is 0 Å². The van der Waals surface area contributed by atoms with Crippen molar-refractivity contribution in [3.8, 4) is 0 Å². The van der Waals surface area contributed by atoms with Gasteiger partial charge in [0, 0.05) is 23.6 Å². The van der Waals surface area contributed by atoms with Crippen LogP contribution in [-0.4, -0.2) is 11.8 Å². The van der Waals surface area contributed by atoms with Crippen LogP contribution in [0.4, 0.5) is 0 Å². The molecule has 0 amide bonds. The summed E-state index contributed by atoms with van der Waals surface area (Å²) < 4.78 is 0.